The Morgan fingerprint density at radius 3 is 2.47 bits per heavy atom. The highest BCUT2D eigenvalue weighted by atomic mass is 32.2. The van der Waals surface area contributed by atoms with Crippen molar-refractivity contribution in [2.45, 2.75) is 38.0 Å². The molecule has 5 heteroatoms. The highest BCUT2D eigenvalue weighted by Crippen LogP contribution is 2.23. The molecule has 0 heterocycles. The number of benzene rings is 1. The van der Waals surface area contributed by atoms with Crippen molar-refractivity contribution in [2.75, 3.05) is 12.8 Å². The maximum Gasteiger partial charge on any atom is 0.154 e. The lowest BCUT2D eigenvalue weighted by molar-refractivity contribution is 0.413. The first-order valence-corrected chi connectivity index (χ1v) is 8.25. The average molecular weight is 287 g/mol. The van der Waals surface area contributed by atoms with Gasteiger partial charge in [-0.25, -0.2) is 12.8 Å². The predicted molar refractivity (Wildman–Crippen MR) is 76.5 cm³/mol. The van der Waals surface area contributed by atoms with E-state index in [2.05, 4.69) is 5.32 Å². The molecule has 0 saturated carbocycles. The van der Waals surface area contributed by atoms with E-state index in [-0.39, 0.29) is 11.9 Å². The van der Waals surface area contributed by atoms with Crippen molar-refractivity contribution in [1.29, 1.82) is 0 Å². The molecule has 0 spiro atoms. The van der Waals surface area contributed by atoms with Gasteiger partial charge in [0.2, 0.25) is 0 Å². The van der Waals surface area contributed by atoms with Crippen molar-refractivity contribution < 1.29 is 12.8 Å². The van der Waals surface area contributed by atoms with E-state index in [1.165, 1.54) is 18.4 Å². The van der Waals surface area contributed by atoms with Crippen molar-refractivity contribution in [3.63, 3.8) is 0 Å². The van der Waals surface area contributed by atoms with Gasteiger partial charge in [0.25, 0.3) is 0 Å². The molecule has 0 aliphatic heterocycles. The van der Waals surface area contributed by atoms with Gasteiger partial charge in [-0.15, -0.1) is 0 Å². The molecular weight excluding hydrogens is 265 g/mol. The van der Waals surface area contributed by atoms with Crippen molar-refractivity contribution in [3.05, 3.63) is 35.6 Å². The molecule has 3 nitrogen and oxygen atoms in total. The smallest absolute Gasteiger partial charge is 0.154 e. The number of halogens is 1. The van der Waals surface area contributed by atoms with Gasteiger partial charge in [-0.3, -0.25) is 0 Å². The summed E-state index contributed by atoms with van der Waals surface area (Å²) in [5.74, 6) is -0.301. The normalized spacial score (nSPS) is 14.4. The number of rotatable bonds is 6. The molecule has 1 unspecified atom stereocenters. The molecule has 0 amide bonds. The Bertz CT molecular complexity index is 526. The van der Waals surface area contributed by atoms with Gasteiger partial charge in [0.05, 0.1) is 4.75 Å². The minimum absolute atomic E-state index is 0.255. The van der Waals surface area contributed by atoms with E-state index in [1.54, 1.807) is 19.9 Å². The molecule has 1 atom stereocenters. The maximum absolute atomic E-state index is 13.2. The third-order valence-corrected chi connectivity index (χ3v) is 5.77. The van der Waals surface area contributed by atoms with Gasteiger partial charge in [0, 0.05) is 12.3 Å². The number of likely N-dealkylation sites (N-methyl/N-ethyl adjacent to an activating group) is 1. The van der Waals surface area contributed by atoms with Gasteiger partial charge in [-0.2, -0.15) is 0 Å². The van der Waals surface area contributed by atoms with Crippen LogP contribution in [0.2, 0.25) is 0 Å². The van der Waals surface area contributed by atoms with Gasteiger partial charge in [-0.05, 0) is 44.5 Å². The number of nitrogens with one attached hydrogen (secondary N) is 1. The molecule has 1 N–H and O–H groups in total. The highest BCUT2D eigenvalue weighted by molar-refractivity contribution is 7.92. The van der Waals surface area contributed by atoms with Crippen LogP contribution in [0.4, 0.5) is 4.39 Å². The summed E-state index contributed by atoms with van der Waals surface area (Å²) >= 11 is 0. The van der Waals surface area contributed by atoms with E-state index in [4.69, 9.17) is 0 Å². The first-order chi connectivity index (χ1) is 8.68. The zero-order valence-electron chi connectivity index (χ0n) is 11.9. The molecule has 0 radical (unpaired) electrons. The summed E-state index contributed by atoms with van der Waals surface area (Å²) in [7, 11) is -3.21. The second-order valence-corrected chi connectivity index (χ2v) is 7.92. The maximum atomic E-state index is 13.2. The zero-order valence-corrected chi connectivity index (χ0v) is 12.7. The molecule has 0 aromatic heterocycles. The summed E-state index contributed by atoms with van der Waals surface area (Å²) in [5, 5.41) is 3.20. The summed E-state index contributed by atoms with van der Waals surface area (Å²) in [5.41, 5.74) is 0.794. The number of hydrogen-bond acceptors (Lipinski definition) is 3. The van der Waals surface area contributed by atoms with Gasteiger partial charge >= 0.3 is 0 Å². The lowest BCUT2D eigenvalue weighted by Crippen LogP contribution is -2.52. The fourth-order valence-electron chi connectivity index (χ4n) is 1.97. The van der Waals surface area contributed by atoms with E-state index in [1.807, 2.05) is 13.0 Å². The molecule has 0 fully saturated rings. The first kappa shape index (κ1) is 16.1. The molecule has 108 valence electrons. The minimum atomic E-state index is -3.21. The summed E-state index contributed by atoms with van der Waals surface area (Å²) in [4.78, 5) is 0. The number of hydrogen-bond donors (Lipinski definition) is 1. The molecular formula is C14H22FNO2S. The minimum Gasteiger partial charge on any atom is -0.312 e. The molecule has 19 heavy (non-hydrogen) atoms. The molecule has 0 saturated heterocycles. The monoisotopic (exact) mass is 287 g/mol. The van der Waals surface area contributed by atoms with Crippen LogP contribution in [-0.4, -0.2) is 32.0 Å². The highest BCUT2D eigenvalue weighted by Gasteiger charge is 2.38. The zero-order chi connectivity index (χ0) is 14.7. The van der Waals surface area contributed by atoms with Gasteiger partial charge in [0.1, 0.15) is 5.82 Å². The molecule has 0 bridgehead atoms. The van der Waals surface area contributed by atoms with Crippen LogP contribution in [0.3, 0.4) is 0 Å². The third-order valence-electron chi connectivity index (χ3n) is 3.57. The third kappa shape index (κ3) is 4.01. The van der Waals surface area contributed by atoms with Crippen LogP contribution in [0.5, 0.6) is 0 Å². The summed E-state index contributed by atoms with van der Waals surface area (Å²) < 4.78 is 36.1. The van der Waals surface area contributed by atoms with Crippen LogP contribution < -0.4 is 5.32 Å². The van der Waals surface area contributed by atoms with Crippen LogP contribution in [0.25, 0.3) is 0 Å². The Kier molecular flexibility index (Phi) is 5.10. The van der Waals surface area contributed by atoms with Crippen molar-refractivity contribution in [1.82, 2.24) is 5.32 Å². The molecule has 0 aliphatic rings. The standard InChI is InChI=1S/C14H22FNO2S/c1-5-16-13(14(2,3)19(4,17)18)10-11-7-6-8-12(15)9-11/h6-9,13,16H,5,10H2,1-4H3. The molecule has 0 aliphatic carbocycles. The Hall–Kier alpha value is -0.940. The first-order valence-electron chi connectivity index (χ1n) is 6.36. The van der Waals surface area contributed by atoms with Crippen LogP contribution in [0, 0.1) is 5.82 Å². The fraction of sp³-hybridized carbons (Fsp3) is 0.571. The lowest BCUT2D eigenvalue weighted by Gasteiger charge is -2.33. The van der Waals surface area contributed by atoms with Crippen molar-refractivity contribution in [2.24, 2.45) is 0 Å². The SMILES string of the molecule is CCNC(Cc1cccc(F)c1)C(C)(C)S(C)(=O)=O. The second kappa shape index (κ2) is 6.01. The Morgan fingerprint density at radius 2 is 2.00 bits per heavy atom. The Balaban J connectivity index is 3.02. The van der Waals surface area contributed by atoms with E-state index in [0.717, 1.165) is 5.56 Å². The predicted octanol–water partition coefficient (Wildman–Crippen LogP) is 2.17. The lowest BCUT2D eigenvalue weighted by atomic mass is 9.95. The van der Waals surface area contributed by atoms with E-state index in [9.17, 15) is 12.8 Å². The van der Waals surface area contributed by atoms with Crippen LogP contribution in [0.15, 0.2) is 24.3 Å². The second-order valence-electron chi connectivity index (χ2n) is 5.32. The Labute approximate surface area is 115 Å². The fourth-order valence-corrected chi connectivity index (χ4v) is 2.65. The Morgan fingerprint density at radius 1 is 1.37 bits per heavy atom. The quantitative estimate of drug-likeness (QED) is 0.872. The van der Waals surface area contributed by atoms with Crippen molar-refractivity contribution in [3.8, 4) is 0 Å². The summed E-state index contributed by atoms with van der Waals surface area (Å²) in [6, 6.07) is 6.03. The van der Waals surface area contributed by atoms with E-state index >= 15 is 0 Å². The summed E-state index contributed by atoms with van der Waals surface area (Å²) in [6.07, 6.45) is 1.72. The topological polar surface area (TPSA) is 46.2 Å². The summed E-state index contributed by atoms with van der Waals surface area (Å²) in [6.45, 7) is 6.00. The average Bonchev–Trinajstić information content (AvgIpc) is 2.27. The van der Waals surface area contributed by atoms with Gasteiger partial charge < -0.3 is 5.32 Å². The largest absolute Gasteiger partial charge is 0.312 e. The van der Waals surface area contributed by atoms with Crippen LogP contribution in [0.1, 0.15) is 26.3 Å². The number of sulfone groups is 1. The molecule has 1 aromatic rings. The van der Waals surface area contributed by atoms with E-state index in [0.29, 0.717) is 13.0 Å². The van der Waals surface area contributed by atoms with Crippen LogP contribution in [-0.2, 0) is 16.3 Å². The van der Waals surface area contributed by atoms with Crippen molar-refractivity contribution >= 4 is 9.84 Å². The molecule has 1 aromatic carbocycles. The van der Waals surface area contributed by atoms with E-state index < -0.39 is 14.6 Å². The van der Waals surface area contributed by atoms with Gasteiger partial charge in [-0.1, -0.05) is 19.1 Å². The molecule has 1 rings (SSSR count). The van der Waals surface area contributed by atoms with Crippen LogP contribution >= 0.6 is 0 Å². The van der Waals surface area contributed by atoms with Gasteiger partial charge in [0.15, 0.2) is 9.84 Å².